The quantitative estimate of drug-likeness (QED) is 0.884. The molecular formula is C18H19NO4. The van der Waals surface area contributed by atoms with Crippen LogP contribution < -0.4 is 19.5 Å². The zero-order valence-corrected chi connectivity index (χ0v) is 12.7. The molecule has 2 aliphatic heterocycles. The van der Waals surface area contributed by atoms with Crippen molar-refractivity contribution in [1.29, 1.82) is 0 Å². The van der Waals surface area contributed by atoms with Crippen molar-refractivity contribution in [3.05, 3.63) is 53.6 Å². The average molecular weight is 313 g/mol. The Morgan fingerprint density at radius 1 is 1.09 bits per heavy atom. The summed E-state index contributed by atoms with van der Waals surface area (Å²) in [4.78, 5) is 0. The third-order valence-electron chi connectivity index (χ3n) is 4.20. The van der Waals surface area contributed by atoms with Crippen LogP contribution in [0.3, 0.4) is 0 Å². The second kappa shape index (κ2) is 6.10. The minimum atomic E-state index is -0.590. The van der Waals surface area contributed by atoms with Gasteiger partial charge in [-0.25, -0.2) is 0 Å². The Labute approximate surface area is 134 Å². The van der Waals surface area contributed by atoms with Crippen molar-refractivity contribution in [3.8, 4) is 17.2 Å². The van der Waals surface area contributed by atoms with Crippen LogP contribution in [0.2, 0.25) is 0 Å². The molecule has 2 atom stereocenters. The first-order valence-electron chi connectivity index (χ1n) is 7.82. The van der Waals surface area contributed by atoms with E-state index in [2.05, 4.69) is 11.4 Å². The minimum Gasteiger partial charge on any atom is -0.488 e. The zero-order valence-electron chi connectivity index (χ0n) is 12.7. The van der Waals surface area contributed by atoms with E-state index in [9.17, 15) is 5.11 Å². The van der Waals surface area contributed by atoms with Gasteiger partial charge in [-0.2, -0.15) is 0 Å². The van der Waals surface area contributed by atoms with E-state index in [1.54, 1.807) is 0 Å². The zero-order chi connectivity index (χ0) is 15.6. The molecule has 0 bridgehead atoms. The maximum Gasteiger partial charge on any atom is 0.231 e. The second-order valence-corrected chi connectivity index (χ2v) is 5.84. The first kappa shape index (κ1) is 14.4. The molecule has 0 saturated heterocycles. The number of hydrogen-bond donors (Lipinski definition) is 2. The maximum atomic E-state index is 10.3. The Balaban J connectivity index is 1.28. The molecule has 0 amide bonds. The highest BCUT2D eigenvalue weighted by Gasteiger charge is 2.22. The summed E-state index contributed by atoms with van der Waals surface area (Å²) in [6.07, 6.45) is 0.438. The molecule has 2 aromatic carbocycles. The molecule has 0 aliphatic carbocycles. The van der Waals surface area contributed by atoms with Gasteiger partial charge in [0.05, 0.1) is 6.10 Å². The van der Waals surface area contributed by atoms with Crippen LogP contribution in [-0.2, 0) is 6.42 Å². The van der Waals surface area contributed by atoms with Gasteiger partial charge in [-0.15, -0.1) is 0 Å². The summed E-state index contributed by atoms with van der Waals surface area (Å²) < 4.78 is 16.5. The lowest BCUT2D eigenvalue weighted by molar-refractivity contribution is 0.162. The summed E-state index contributed by atoms with van der Waals surface area (Å²) in [5, 5.41) is 13.6. The maximum absolute atomic E-state index is 10.3. The molecule has 0 spiro atoms. The predicted molar refractivity (Wildman–Crippen MR) is 85.0 cm³/mol. The standard InChI is InChI=1S/C18H19NO4/c20-15(12-5-6-17-18(8-12)22-11-21-17)10-19-9-14-7-13-3-1-2-4-16(13)23-14/h1-6,8,14-15,19-20H,7,9-11H2/t14-,15-/m1/s1. The van der Waals surface area contributed by atoms with E-state index in [1.165, 1.54) is 5.56 Å². The second-order valence-electron chi connectivity index (χ2n) is 5.84. The Morgan fingerprint density at radius 2 is 1.96 bits per heavy atom. The highest BCUT2D eigenvalue weighted by Crippen LogP contribution is 2.34. The Bertz CT molecular complexity index is 678. The Morgan fingerprint density at radius 3 is 2.87 bits per heavy atom. The van der Waals surface area contributed by atoms with Crippen LogP contribution in [0, 0.1) is 0 Å². The van der Waals surface area contributed by atoms with Gasteiger partial charge in [0.25, 0.3) is 0 Å². The number of aliphatic hydroxyl groups is 1. The van der Waals surface area contributed by atoms with Crippen molar-refractivity contribution in [1.82, 2.24) is 5.32 Å². The first-order valence-corrected chi connectivity index (χ1v) is 7.82. The van der Waals surface area contributed by atoms with Crippen molar-refractivity contribution < 1.29 is 19.3 Å². The van der Waals surface area contributed by atoms with Gasteiger partial charge < -0.3 is 24.6 Å². The summed E-state index contributed by atoms with van der Waals surface area (Å²) in [5.41, 5.74) is 2.06. The van der Waals surface area contributed by atoms with Crippen molar-refractivity contribution in [2.75, 3.05) is 19.9 Å². The van der Waals surface area contributed by atoms with Gasteiger partial charge in [-0.3, -0.25) is 0 Å². The van der Waals surface area contributed by atoms with Crippen molar-refractivity contribution in [2.24, 2.45) is 0 Å². The van der Waals surface area contributed by atoms with Gasteiger partial charge in [0.1, 0.15) is 11.9 Å². The molecule has 0 radical (unpaired) electrons. The average Bonchev–Trinajstić information content (AvgIpc) is 3.19. The normalized spacial score (nSPS) is 19.3. The van der Waals surface area contributed by atoms with Crippen LogP contribution in [0.4, 0.5) is 0 Å². The molecule has 23 heavy (non-hydrogen) atoms. The lowest BCUT2D eigenvalue weighted by atomic mass is 10.1. The van der Waals surface area contributed by atoms with E-state index in [4.69, 9.17) is 14.2 Å². The molecule has 0 unspecified atom stereocenters. The van der Waals surface area contributed by atoms with Crippen LogP contribution in [0.15, 0.2) is 42.5 Å². The molecule has 2 heterocycles. The number of rotatable bonds is 5. The van der Waals surface area contributed by atoms with Crippen LogP contribution in [0.1, 0.15) is 17.2 Å². The SMILES string of the molecule is O[C@H](CNC[C@H]1Cc2ccccc2O1)c1ccc2c(c1)OCO2. The minimum absolute atomic E-state index is 0.122. The molecule has 120 valence electrons. The lowest BCUT2D eigenvalue weighted by Crippen LogP contribution is -2.32. The van der Waals surface area contributed by atoms with Crippen LogP contribution in [0.25, 0.3) is 0 Å². The molecule has 2 aliphatic rings. The molecule has 2 aromatic rings. The lowest BCUT2D eigenvalue weighted by Gasteiger charge is -2.15. The molecule has 2 N–H and O–H groups in total. The molecular weight excluding hydrogens is 294 g/mol. The number of fused-ring (bicyclic) bond motifs is 2. The molecule has 5 heteroatoms. The number of nitrogens with one attached hydrogen (secondary N) is 1. The van der Waals surface area contributed by atoms with Gasteiger partial charge >= 0.3 is 0 Å². The van der Waals surface area contributed by atoms with Gasteiger partial charge in [0.15, 0.2) is 11.5 Å². The van der Waals surface area contributed by atoms with Crippen LogP contribution >= 0.6 is 0 Å². The Kier molecular flexibility index (Phi) is 3.81. The van der Waals surface area contributed by atoms with E-state index in [0.717, 1.165) is 23.5 Å². The fraction of sp³-hybridized carbons (Fsp3) is 0.333. The van der Waals surface area contributed by atoms with E-state index in [-0.39, 0.29) is 12.9 Å². The number of benzene rings is 2. The smallest absolute Gasteiger partial charge is 0.231 e. The molecule has 5 nitrogen and oxygen atoms in total. The molecule has 0 saturated carbocycles. The summed E-state index contributed by atoms with van der Waals surface area (Å²) in [6.45, 7) is 1.42. The predicted octanol–water partition coefficient (Wildman–Crippen LogP) is 2.04. The van der Waals surface area contributed by atoms with Gasteiger partial charge in [-0.05, 0) is 29.3 Å². The fourth-order valence-corrected chi connectivity index (χ4v) is 2.99. The van der Waals surface area contributed by atoms with Crippen molar-refractivity contribution in [3.63, 3.8) is 0 Å². The number of para-hydroxylation sites is 1. The van der Waals surface area contributed by atoms with E-state index in [0.29, 0.717) is 18.8 Å². The highest BCUT2D eigenvalue weighted by atomic mass is 16.7. The van der Waals surface area contributed by atoms with Crippen LogP contribution in [-0.4, -0.2) is 31.1 Å². The van der Waals surface area contributed by atoms with Gasteiger partial charge in [0, 0.05) is 19.5 Å². The number of hydrogen-bond acceptors (Lipinski definition) is 5. The first-order chi connectivity index (χ1) is 11.3. The van der Waals surface area contributed by atoms with Gasteiger partial charge in [-0.1, -0.05) is 24.3 Å². The largest absolute Gasteiger partial charge is 0.488 e. The molecule has 4 rings (SSSR count). The van der Waals surface area contributed by atoms with Gasteiger partial charge in [0.2, 0.25) is 6.79 Å². The molecule has 0 fully saturated rings. The highest BCUT2D eigenvalue weighted by molar-refractivity contribution is 5.45. The van der Waals surface area contributed by atoms with Crippen molar-refractivity contribution >= 4 is 0 Å². The Hall–Kier alpha value is -2.24. The summed E-state index contributed by atoms with van der Waals surface area (Å²) in [5.74, 6) is 2.39. The topological polar surface area (TPSA) is 60.0 Å². The van der Waals surface area contributed by atoms with E-state index >= 15 is 0 Å². The third kappa shape index (κ3) is 2.98. The number of ether oxygens (including phenoxy) is 3. The number of aliphatic hydroxyl groups excluding tert-OH is 1. The van der Waals surface area contributed by atoms with E-state index < -0.39 is 6.10 Å². The monoisotopic (exact) mass is 313 g/mol. The molecule has 0 aromatic heterocycles. The summed E-state index contributed by atoms with van der Waals surface area (Å²) in [7, 11) is 0. The van der Waals surface area contributed by atoms with Crippen LogP contribution in [0.5, 0.6) is 17.2 Å². The third-order valence-corrected chi connectivity index (χ3v) is 4.20. The fourth-order valence-electron chi connectivity index (χ4n) is 2.99. The summed E-state index contributed by atoms with van der Waals surface area (Å²) >= 11 is 0. The van der Waals surface area contributed by atoms with E-state index in [1.807, 2.05) is 36.4 Å². The van der Waals surface area contributed by atoms with Crippen molar-refractivity contribution in [2.45, 2.75) is 18.6 Å². The summed E-state index contributed by atoms with van der Waals surface area (Å²) in [6, 6.07) is 13.6.